The van der Waals surface area contributed by atoms with E-state index in [0.717, 1.165) is 25.7 Å². The minimum Gasteiger partial charge on any atom is -0.212 e. The Morgan fingerprint density at radius 2 is 1.69 bits per heavy atom. The van der Waals surface area contributed by atoms with Crippen LogP contribution in [0.3, 0.4) is 0 Å². The van der Waals surface area contributed by atoms with Crippen molar-refractivity contribution in [3.63, 3.8) is 0 Å². The Hall–Kier alpha value is -0.0900. The van der Waals surface area contributed by atoms with Crippen LogP contribution in [0.1, 0.15) is 46.0 Å². The quantitative estimate of drug-likeness (QED) is 0.761. The molecular formula is C9H19NO2S. The zero-order valence-corrected chi connectivity index (χ0v) is 9.23. The lowest BCUT2D eigenvalue weighted by molar-refractivity contribution is 0.411. The molecule has 0 spiro atoms. The maximum absolute atomic E-state index is 11.5. The van der Waals surface area contributed by atoms with E-state index < -0.39 is 10.0 Å². The second kappa shape index (κ2) is 4.42. The van der Waals surface area contributed by atoms with E-state index in [1.54, 1.807) is 13.8 Å². The number of hydrogen-bond acceptors (Lipinski definition) is 2. The molecule has 1 rings (SSSR count). The average molecular weight is 205 g/mol. The minimum absolute atomic E-state index is 0.196. The molecule has 0 unspecified atom stereocenters. The normalized spacial score (nSPS) is 20.8. The summed E-state index contributed by atoms with van der Waals surface area (Å²) >= 11 is 0. The standard InChI is InChI=1S/C9H19NO2S/c1-8(2)13(11,12)10-9-6-4-3-5-7-9/h8-10H,3-7H2,1-2H3. The lowest BCUT2D eigenvalue weighted by Crippen LogP contribution is -2.39. The first kappa shape index (κ1) is 11.0. The van der Waals surface area contributed by atoms with Gasteiger partial charge in [0.2, 0.25) is 10.0 Å². The van der Waals surface area contributed by atoms with E-state index in [1.807, 2.05) is 0 Å². The molecule has 0 radical (unpaired) electrons. The Balaban J connectivity index is 2.47. The van der Waals surface area contributed by atoms with Crippen molar-refractivity contribution in [1.29, 1.82) is 0 Å². The molecule has 1 N–H and O–H groups in total. The third-order valence-electron chi connectivity index (χ3n) is 2.56. The Bertz CT molecular complexity index is 240. The fourth-order valence-corrected chi connectivity index (χ4v) is 2.56. The fourth-order valence-electron chi connectivity index (χ4n) is 1.59. The second-order valence-corrected chi connectivity index (χ2v) is 6.32. The van der Waals surface area contributed by atoms with Crippen molar-refractivity contribution in [2.45, 2.75) is 57.2 Å². The molecule has 0 aliphatic heterocycles. The Morgan fingerprint density at radius 1 is 1.15 bits per heavy atom. The van der Waals surface area contributed by atoms with E-state index >= 15 is 0 Å². The van der Waals surface area contributed by atoms with Gasteiger partial charge in [-0.3, -0.25) is 0 Å². The van der Waals surface area contributed by atoms with Crippen LogP contribution in [-0.2, 0) is 10.0 Å². The molecule has 1 aliphatic carbocycles. The number of nitrogens with one attached hydrogen (secondary N) is 1. The summed E-state index contributed by atoms with van der Waals surface area (Å²) in [6, 6.07) is 0.196. The molecule has 78 valence electrons. The van der Waals surface area contributed by atoms with Gasteiger partial charge in [-0.1, -0.05) is 19.3 Å². The van der Waals surface area contributed by atoms with Crippen molar-refractivity contribution in [3.8, 4) is 0 Å². The Labute approximate surface area is 81.0 Å². The van der Waals surface area contributed by atoms with Gasteiger partial charge in [-0.2, -0.15) is 0 Å². The maximum Gasteiger partial charge on any atom is 0.214 e. The zero-order valence-electron chi connectivity index (χ0n) is 8.41. The first-order valence-corrected chi connectivity index (χ1v) is 6.58. The predicted octanol–water partition coefficient (Wildman–Crippen LogP) is 1.65. The van der Waals surface area contributed by atoms with Crippen LogP contribution < -0.4 is 4.72 Å². The van der Waals surface area contributed by atoms with Gasteiger partial charge in [0.1, 0.15) is 0 Å². The van der Waals surface area contributed by atoms with Crippen molar-refractivity contribution in [2.24, 2.45) is 0 Å². The third-order valence-corrected chi connectivity index (χ3v) is 4.46. The molecule has 4 heteroatoms. The molecule has 0 bridgehead atoms. The van der Waals surface area contributed by atoms with Crippen LogP contribution in [0.5, 0.6) is 0 Å². The first-order valence-electron chi connectivity index (χ1n) is 5.03. The largest absolute Gasteiger partial charge is 0.214 e. The Kier molecular flexibility index (Phi) is 3.74. The molecule has 0 aromatic heterocycles. The van der Waals surface area contributed by atoms with Crippen molar-refractivity contribution in [3.05, 3.63) is 0 Å². The lowest BCUT2D eigenvalue weighted by atomic mass is 9.96. The molecular weight excluding hydrogens is 186 g/mol. The summed E-state index contributed by atoms with van der Waals surface area (Å²) in [5, 5.41) is -0.311. The van der Waals surface area contributed by atoms with E-state index in [4.69, 9.17) is 0 Å². The van der Waals surface area contributed by atoms with Gasteiger partial charge < -0.3 is 0 Å². The summed E-state index contributed by atoms with van der Waals surface area (Å²) < 4.78 is 25.7. The van der Waals surface area contributed by atoms with Gasteiger partial charge in [-0.05, 0) is 26.7 Å². The molecule has 13 heavy (non-hydrogen) atoms. The van der Waals surface area contributed by atoms with Gasteiger partial charge in [-0.15, -0.1) is 0 Å². The first-order chi connectivity index (χ1) is 6.02. The van der Waals surface area contributed by atoms with Crippen molar-refractivity contribution in [1.82, 2.24) is 4.72 Å². The van der Waals surface area contributed by atoms with Crippen LogP contribution in [0.25, 0.3) is 0 Å². The number of sulfonamides is 1. The van der Waals surface area contributed by atoms with Crippen LogP contribution in [-0.4, -0.2) is 19.7 Å². The second-order valence-electron chi connectivity index (χ2n) is 4.05. The molecule has 1 saturated carbocycles. The Morgan fingerprint density at radius 3 is 2.15 bits per heavy atom. The predicted molar refractivity (Wildman–Crippen MR) is 54.1 cm³/mol. The summed E-state index contributed by atoms with van der Waals surface area (Å²) in [7, 11) is -3.05. The SMILES string of the molecule is CC(C)S(=O)(=O)NC1CCCCC1. The number of rotatable bonds is 3. The smallest absolute Gasteiger partial charge is 0.212 e. The molecule has 0 aromatic rings. The molecule has 3 nitrogen and oxygen atoms in total. The summed E-state index contributed by atoms with van der Waals surface area (Å²) in [5.74, 6) is 0. The van der Waals surface area contributed by atoms with Gasteiger partial charge in [0.15, 0.2) is 0 Å². The highest BCUT2D eigenvalue weighted by molar-refractivity contribution is 7.90. The van der Waals surface area contributed by atoms with Gasteiger partial charge in [0.25, 0.3) is 0 Å². The molecule has 1 aliphatic rings. The molecule has 0 amide bonds. The highest BCUT2D eigenvalue weighted by atomic mass is 32.2. The summed E-state index contributed by atoms with van der Waals surface area (Å²) in [5.41, 5.74) is 0. The van der Waals surface area contributed by atoms with Crippen molar-refractivity contribution >= 4 is 10.0 Å². The highest BCUT2D eigenvalue weighted by Crippen LogP contribution is 2.18. The highest BCUT2D eigenvalue weighted by Gasteiger charge is 2.22. The lowest BCUT2D eigenvalue weighted by Gasteiger charge is -2.23. The van der Waals surface area contributed by atoms with Crippen molar-refractivity contribution in [2.75, 3.05) is 0 Å². The van der Waals surface area contributed by atoms with Crippen LogP contribution in [0.15, 0.2) is 0 Å². The summed E-state index contributed by atoms with van der Waals surface area (Å²) in [4.78, 5) is 0. The molecule has 0 aromatic carbocycles. The van der Waals surface area contributed by atoms with Crippen molar-refractivity contribution < 1.29 is 8.42 Å². The fraction of sp³-hybridized carbons (Fsp3) is 1.00. The van der Waals surface area contributed by atoms with E-state index in [2.05, 4.69) is 4.72 Å². The summed E-state index contributed by atoms with van der Waals surface area (Å²) in [6.45, 7) is 3.43. The zero-order chi connectivity index (χ0) is 9.90. The van der Waals surface area contributed by atoms with Gasteiger partial charge >= 0.3 is 0 Å². The van der Waals surface area contributed by atoms with Crippen LogP contribution in [0.2, 0.25) is 0 Å². The van der Waals surface area contributed by atoms with Crippen LogP contribution in [0.4, 0.5) is 0 Å². The molecule has 0 atom stereocenters. The minimum atomic E-state index is -3.05. The molecule has 0 saturated heterocycles. The summed E-state index contributed by atoms with van der Waals surface area (Å²) in [6.07, 6.45) is 5.58. The maximum atomic E-state index is 11.5. The monoisotopic (exact) mass is 205 g/mol. The molecule has 1 fully saturated rings. The van der Waals surface area contributed by atoms with Gasteiger partial charge in [0.05, 0.1) is 5.25 Å². The molecule has 0 heterocycles. The number of hydrogen-bond donors (Lipinski definition) is 1. The van der Waals surface area contributed by atoms with E-state index in [1.165, 1.54) is 6.42 Å². The van der Waals surface area contributed by atoms with E-state index in [-0.39, 0.29) is 11.3 Å². The van der Waals surface area contributed by atoms with Crippen LogP contribution in [0, 0.1) is 0 Å². The van der Waals surface area contributed by atoms with Gasteiger partial charge in [-0.25, -0.2) is 13.1 Å². The average Bonchev–Trinajstić information content (AvgIpc) is 2.05. The topological polar surface area (TPSA) is 46.2 Å². The van der Waals surface area contributed by atoms with E-state index in [0.29, 0.717) is 0 Å². The van der Waals surface area contributed by atoms with Crippen LogP contribution >= 0.6 is 0 Å². The third kappa shape index (κ3) is 3.27. The van der Waals surface area contributed by atoms with E-state index in [9.17, 15) is 8.42 Å². The van der Waals surface area contributed by atoms with Gasteiger partial charge in [0, 0.05) is 6.04 Å².